The van der Waals surface area contributed by atoms with E-state index in [1.54, 1.807) is 7.05 Å². The highest BCUT2D eigenvalue weighted by molar-refractivity contribution is 14.1. The zero-order chi connectivity index (χ0) is 13.7. The summed E-state index contributed by atoms with van der Waals surface area (Å²) in [7, 11) is 2.94. The fourth-order valence-corrected chi connectivity index (χ4v) is 1.94. The molecule has 0 aliphatic carbocycles. The van der Waals surface area contributed by atoms with E-state index in [4.69, 9.17) is 4.74 Å². The van der Waals surface area contributed by atoms with E-state index in [9.17, 15) is 9.59 Å². The van der Waals surface area contributed by atoms with Crippen LogP contribution in [0.5, 0.6) is 0 Å². The van der Waals surface area contributed by atoms with Gasteiger partial charge in [-0.25, -0.2) is 4.79 Å². The van der Waals surface area contributed by atoms with Crippen molar-refractivity contribution in [3.05, 3.63) is 33.4 Å². The van der Waals surface area contributed by atoms with Crippen LogP contribution in [0.4, 0.5) is 0 Å². The van der Waals surface area contributed by atoms with Crippen LogP contribution in [0.1, 0.15) is 12.5 Å². The Hall–Kier alpha value is -1.11. The van der Waals surface area contributed by atoms with Crippen LogP contribution in [0, 0.1) is 3.57 Å². The second kappa shape index (κ2) is 6.72. The van der Waals surface area contributed by atoms with Crippen LogP contribution in [-0.2, 0) is 20.7 Å². The normalized spacial score (nSPS) is 11.8. The summed E-state index contributed by atoms with van der Waals surface area (Å²) in [6, 6.07) is 7.26. The van der Waals surface area contributed by atoms with E-state index < -0.39 is 12.0 Å². The lowest BCUT2D eigenvalue weighted by Crippen LogP contribution is -2.43. The highest BCUT2D eigenvalue weighted by Crippen LogP contribution is 2.12. The highest BCUT2D eigenvalue weighted by Gasteiger charge is 2.26. The van der Waals surface area contributed by atoms with Crippen molar-refractivity contribution < 1.29 is 14.3 Å². The van der Waals surface area contributed by atoms with Gasteiger partial charge in [-0.05, 0) is 40.3 Å². The molecule has 1 aromatic rings. The van der Waals surface area contributed by atoms with Gasteiger partial charge in [-0.2, -0.15) is 0 Å². The predicted molar refractivity (Wildman–Crippen MR) is 77.1 cm³/mol. The molecule has 18 heavy (non-hydrogen) atoms. The number of amides is 1. The number of carbonyl (C=O) groups is 2. The third-order valence-corrected chi connectivity index (χ3v) is 3.50. The summed E-state index contributed by atoms with van der Waals surface area (Å²) in [4.78, 5) is 24.5. The number of hydrogen-bond acceptors (Lipinski definition) is 3. The quantitative estimate of drug-likeness (QED) is 0.608. The molecule has 0 saturated carbocycles. The molecule has 0 heterocycles. The van der Waals surface area contributed by atoms with Gasteiger partial charge in [0.05, 0.1) is 7.11 Å². The van der Waals surface area contributed by atoms with Crippen molar-refractivity contribution in [2.45, 2.75) is 19.4 Å². The second-order valence-electron chi connectivity index (χ2n) is 4.00. The molecule has 1 amide bonds. The first-order chi connectivity index (χ1) is 8.45. The summed E-state index contributed by atoms with van der Waals surface area (Å²) in [6.45, 7) is 1.43. The van der Waals surface area contributed by atoms with Crippen LogP contribution in [0.3, 0.4) is 0 Å². The van der Waals surface area contributed by atoms with Gasteiger partial charge in [0.2, 0.25) is 5.91 Å². The third kappa shape index (κ3) is 3.97. The van der Waals surface area contributed by atoms with Gasteiger partial charge >= 0.3 is 5.97 Å². The number of esters is 1. The number of benzene rings is 1. The molecular formula is C13H16INO3. The van der Waals surface area contributed by atoms with Crippen LogP contribution < -0.4 is 0 Å². The smallest absolute Gasteiger partial charge is 0.328 e. The van der Waals surface area contributed by atoms with E-state index in [0.717, 1.165) is 9.13 Å². The summed E-state index contributed by atoms with van der Waals surface area (Å²) in [5, 5.41) is 0. The fraction of sp³-hybridized carbons (Fsp3) is 0.385. The maximum Gasteiger partial charge on any atom is 0.328 e. The summed E-state index contributed by atoms with van der Waals surface area (Å²) in [5.74, 6) is -0.554. The van der Waals surface area contributed by atoms with Crippen LogP contribution >= 0.6 is 22.6 Å². The van der Waals surface area contributed by atoms with Crippen molar-refractivity contribution >= 4 is 34.5 Å². The molecule has 0 fully saturated rings. The average molecular weight is 361 g/mol. The lowest BCUT2D eigenvalue weighted by atomic mass is 10.1. The number of carbonyl (C=O) groups excluding carboxylic acids is 2. The van der Waals surface area contributed by atoms with Gasteiger partial charge in [-0.3, -0.25) is 4.79 Å². The summed E-state index contributed by atoms with van der Waals surface area (Å²) < 4.78 is 5.88. The molecule has 1 rings (SSSR count). The predicted octanol–water partition coefficient (Wildman–Crippen LogP) is 1.85. The highest BCUT2D eigenvalue weighted by atomic mass is 127. The van der Waals surface area contributed by atoms with Gasteiger partial charge in [0.15, 0.2) is 0 Å². The second-order valence-corrected chi connectivity index (χ2v) is 5.25. The van der Waals surface area contributed by atoms with Crippen molar-refractivity contribution in [1.82, 2.24) is 4.90 Å². The molecule has 1 atom stereocenters. The van der Waals surface area contributed by atoms with Crippen LogP contribution in [-0.4, -0.2) is 37.0 Å². The van der Waals surface area contributed by atoms with E-state index in [2.05, 4.69) is 22.6 Å². The number of methoxy groups -OCH3 is 1. The van der Waals surface area contributed by atoms with E-state index in [-0.39, 0.29) is 5.91 Å². The fourth-order valence-electron chi connectivity index (χ4n) is 1.58. The Morgan fingerprint density at radius 1 is 1.33 bits per heavy atom. The first kappa shape index (κ1) is 14.9. The Morgan fingerprint density at radius 2 is 1.89 bits per heavy atom. The first-order valence-corrected chi connectivity index (χ1v) is 6.59. The number of rotatable bonds is 4. The maximum atomic E-state index is 11.7. The number of halogens is 1. The molecule has 0 saturated heterocycles. The molecule has 0 aliphatic rings. The van der Waals surface area contributed by atoms with Gasteiger partial charge < -0.3 is 9.64 Å². The summed E-state index contributed by atoms with van der Waals surface area (Å²) in [5.41, 5.74) is 0.999. The van der Waals surface area contributed by atoms with E-state index in [1.165, 1.54) is 18.9 Å². The van der Waals surface area contributed by atoms with Crippen LogP contribution in [0.25, 0.3) is 0 Å². The number of ether oxygens (including phenoxy) is 1. The van der Waals surface area contributed by atoms with E-state index in [1.807, 2.05) is 24.3 Å². The van der Waals surface area contributed by atoms with Crippen molar-refractivity contribution in [2.75, 3.05) is 14.2 Å². The van der Waals surface area contributed by atoms with Gasteiger partial charge in [0.25, 0.3) is 0 Å². The van der Waals surface area contributed by atoms with Gasteiger partial charge in [-0.15, -0.1) is 0 Å². The summed E-state index contributed by atoms with van der Waals surface area (Å²) >= 11 is 2.22. The van der Waals surface area contributed by atoms with E-state index in [0.29, 0.717) is 6.42 Å². The first-order valence-electron chi connectivity index (χ1n) is 5.51. The van der Waals surface area contributed by atoms with Gasteiger partial charge in [0.1, 0.15) is 6.04 Å². The molecule has 1 unspecified atom stereocenters. The molecule has 0 N–H and O–H groups in total. The molecule has 0 bridgehead atoms. The molecule has 4 nitrogen and oxygen atoms in total. The Morgan fingerprint density at radius 3 is 2.33 bits per heavy atom. The number of hydrogen-bond donors (Lipinski definition) is 0. The van der Waals surface area contributed by atoms with Gasteiger partial charge in [0, 0.05) is 24.0 Å². The minimum atomic E-state index is -0.576. The number of likely N-dealkylation sites (N-methyl/N-ethyl adjacent to an activating group) is 1. The molecule has 5 heteroatoms. The molecular weight excluding hydrogens is 345 g/mol. The topological polar surface area (TPSA) is 46.6 Å². The zero-order valence-corrected chi connectivity index (χ0v) is 12.8. The molecule has 0 aromatic heterocycles. The molecule has 0 spiro atoms. The lowest BCUT2D eigenvalue weighted by Gasteiger charge is -2.25. The Balaban J connectivity index is 2.88. The molecule has 0 aliphatic heterocycles. The lowest BCUT2D eigenvalue weighted by molar-refractivity contribution is -0.151. The Bertz CT molecular complexity index is 430. The monoisotopic (exact) mass is 361 g/mol. The largest absolute Gasteiger partial charge is 0.467 e. The minimum Gasteiger partial charge on any atom is -0.467 e. The number of nitrogens with zero attached hydrogens (tertiary/aromatic N) is 1. The zero-order valence-electron chi connectivity index (χ0n) is 10.6. The van der Waals surface area contributed by atoms with Gasteiger partial charge in [-0.1, -0.05) is 12.1 Å². The van der Waals surface area contributed by atoms with Crippen molar-refractivity contribution in [3.63, 3.8) is 0 Å². The average Bonchev–Trinajstić information content (AvgIpc) is 2.36. The SMILES string of the molecule is COC(=O)C(Cc1ccc(I)cc1)N(C)C(C)=O. The van der Waals surface area contributed by atoms with Crippen LogP contribution in [0.2, 0.25) is 0 Å². The van der Waals surface area contributed by atoms with Crippen molar-refractivity contribution in [1.29, 1.82) is 0 Å². The van der Waals surface area contributed by atoms with Crippen molar-refractivity contribution in [3.8, 4) is 0 Å². The Labute approximate surface area is 120 Å². The van der Waals surface area contributed by atoms with Crippen LogP contribution in [0.15, 0.2) is 24.3 Å². The van der Waals surface area contributed by atoms with Crippen molar-refractivity contribution in [2.24, 2.45) is 0 Å². The Kier molecular flexibility index (Phi) is 5.58. The molecule has 0 radical (unpaired) electrons. The molecule has 1 aromatic carbocycles. The summed E-state index contributed by atoms with van der Waals surface area (Å²) in [6.07, 6.45) is 0.458. The maximum absolute atomic E-state index is 11.7. The van der Waals surface area contributed by atoms with E-state index >= 15 is 0 Å². The molecule has 98 valence electrons. The third-order valence-electron chi connectivity index (χ3n) is 2.78. The standard InChI is InChI=1S/C13H16INO3/c1-9(16)15(2)12(13(17)18-3)8-10-4-6-11(14)7-5-10/h4-7,12H,8H2,1-3H3. The minimum absolute atomic E-state index is 0.157.